The molecule has 1 aromatic carbocycles. The Bertz CT molecular complexity index is 506. The summed E-state index contributed by atoms with van der Waals surface area (Å²) < 4.78 is 25.9. The lowest BCUT2D eigenvalue weighted by Crippen LogP contribution is -2.31. The Labute approximate surface area is 102 Å². The smallest absolute Gasteiger partial charge is 0.264 e. The van der Waals surface area contributed by atoms with Crippen LogP contribution in [0.2, 0.25) is 0 Å². The van der Waals surface area contributed by atoms with Crippen molar-refractivity contribution in [1.82, 2.24) is 4.72 Å². The maximum atomic E-state index is 11.9. The van der Waals surface area contributed by atoms with E-state index in [2.05, 4.69) is 4.72 Å². The number of hydrogen-bond acceptors (Lipinski definition) is 3. The van der Waals surface area contributed by atoms with E-state index in [0.717, 1.165) is 0 Å². The molecule has 5 heteroatoms. The molecule has 0 aliphatic rings. The molecule has 0 radical (unpaired) electrons. The van der Waals surface area contributed by atoms with Crippen LogP contribution in [0, 0.1) is 12.8 Å². The van der Waals surface area contributed by atoms with Crippen molar-refractivity contribution < 1.29 is 13.2 Å². The van der Waals surface area contributed by atoms with Gasteiger partial charge in [0.25, 0.3) is 10.0 Å². The summed E-state index contributed by atoms with van der Waals surface area (Å²) in [7, 11) is -3.74. The van der Waals surface area contributed by atoms with Gasteiger partial charge in [-0.1, -0.05) is 32.0 Å². The summed E-state index contributed by atoms with van der Waals surface area (Å²) >= 11 is 0. The molecule has 1 rings (SSSR count). The number of sulfonamides is 1. The van der Waals surface area contributed by atoms with Crippen molar-refractivity contribution in [3.63, 3.8) is 0 Å². The predicted octanol–water partition coefficient (Wildman–Crippen LogP) is 1.85. The van der Waals surface area contributed by atoms with E-state index >= 15 is 0 Å². The van der Waals surface area contributed by atoms with E-state index < -0.39 is 15.9 Å². The highest BCUT2D eigenvalue weighted by Crippen LogP contribution is 2.14. The second-order valence-electron chi connectivity index (χ2n) is 4.39. The highest BCUT2D eigenvalue weighted by atomic mass is 32.2. The fourth-order valence-electron chi connectivity index (χ4n) is 1.48. The van der Waals surface area contributed by atoms with Crippen molar-refractivity contribution in [3.05, 3.63) is 29.8 Å². The van der Waals surface area contributed by atoms with E-state index in [1.807, 2.05) is 13.8 Å². The SMILES string of the molecule is Cc1ccccc1S(=O)(=O)NC(=O)CC(C)C. The van der Waals surface area contributed by atoms with Crippen molar-refractivity contribution in [2.45, 2.75) is 32.1 Å². The minimum atomic E-state index is -3.74. The van der Waals surface area contributed by atoms with Crippen LogP contribution in [0.3, 0.4) is 0 Å². The third-order valence-electron chi connectivity index (χ3n) is 2.22. The fraction of sp³-hybridized carbons (Fsp3) is 0.417. The minimum absolute atomic E-state index is 0.127. The molecule has 0 unspecified atom stereocenters. The molecule has 17 heavy (non-hydrogen) atoms. The second kappa shape index (κ2) is 5.31. The quantitative estimate of drug-likeness (QED) is 0.893. The summed E-state index contributed by atoms with van der Waals surface area (Å²) in [6, 6.07) is 6.57. The van der Waals surface area contributed by atoms with E-state index in [1.165, 1.54) is 6.07 Å². The Balaban J connectivity index is 2.91. The highest BCUT2D eigenvalue weighted by Gasteiger charge is 2.19. The van der Waals surface area contributed by atoms with Gasteiger partial charge in [0, 0.05) is 6.42 Å². The van der Waals surface area contributed by atoms with E-state index in [-0.39, 0.29) is 17.2 Å². The molecule has 0 bridgehead atoms. The summed E-state index contributed by atoms with van der Waals surface area (Å²) in [5, 5.41) is 0. The van der Waals surface area contributed by atoms with Crippen LogP contribution in [0.15, 0.2) is 29.2 Å². The standard InChI is InChI=1S/C12H17NO3S/c1-9(2)8-12(14)13-17(15,16)11-7-5-4-6-10(11)3/h4-7,9H,8H2,1-3H3,(H,13,14). The van der Waals surface area contributed by atoms with Gasteiger partial charge in [0.1, 0.15) is 0 Å². The normalized spacial score (nSPS) is 11.5. The molecule has 0 aromatic heterocycles. The van der Waals surface area contributed by atoms with Crippen LogP contribution >= 0.6 is 0 Å². The van der Waals surface area contributed by atoms with Gasteiger partial charge in [0.15, 0.2) is 0 Å². The van der Waals surface area contributed by atoms with Gasteiger partial charge in [-0.3, -0.25) is 4.79 Å². The zero-order chi connectivity index (χ0) is 13.1. The number of benzene rings is 1. The molecule has 0 spiro atoms. The van der Waals surface area contributed by atoms with Crippen molar-refractivity contribution in [2.75, 3.05) is 0 Å². The van der Waals surface area contributed by atoms with Crippen LogP contribution in [-0.4, -0.2) is 14.3 Å². The number of aryl methyl sites for hydroxylation is 1. The molecule has 0 aliphatic heterocycles. The molecular formula is C12H17NO3S. The third kappa shape index (κ3) is 3.85. The van der Waals surface area contributed by atoms with Gasteiger partial charge in [-0.2, -0.15) is 0 Å². The zero-order valence-electron chi connectivity index (χ0n) is 10.2. The van der Waals surface area contributed by atoms with Gasteiger partial charge in [-0.25, -0.2) is 13.1 Å². The van der Waals surface area contributed by atoms with Crippen LogP contribution in [0.5, 0.6) is 0 Å². The summed E-state index contributed by atoms with van der Waals surface area (Å²) in [6.45, 7) is 5.42. The molecule has 0 saturated heterocycles. The van der Waals surface area contributed by atoms with Gasteiger partial charge in [0.2, 0.25) is 5.91 Å². The van der Waals surface area contributed by atoms with Gasteiger partial charge in [0.05, 0.1) is 4.90 Å². The van der Waals surface area contributed by atoms with Crippen molar-refractivity contribution in [1.29, 1.82) is 0 Å². The Kier molecular flexibility index (Phi) is 4.28. The average molecular weight is 255 g/mol. The summed E-state index contributed by atoms with van der Waals surface area (Å²) in [5.41, 5.74) is 0.623. The Morgan fingerprint density at radius 3 is 2.41 bits per heavy atom. The Morgan fingerprint density at radius 1 is 1.29 bits per heavy atom. The molecule has 4 nitrogen and oxygen atoms in total. The predicted molar refractivity (Wildman–Crippen MR) is 66.0 cm³/mol. The molecule has 0 fully saturated rings. The number of rotatable bonds is 4. The van der Waals surface area contributed by atoms with Gasteiger partial charge >= 0.3 is 0 Å². The number of carbonyl (C=O) groups is 1. The van der Waals surface area contributed by atoms with Crippen LogP contribution in [0.25, 0.3) is 0 Å². The Hall–Kier alpha value is -1.36. The monoisotopic (exact) mass is 255 g/mol. The lowest BCUT2D eigenvalue weighted by atomic mass is 10.1. The minimum Gasteiger partial charge on any atom is -0.274 e. The molecular weight excluding hydrogens is 238 g/mol. The summed E-state index contributed by atoms with van der Waals surface area (Å²) in [6.07, 6.45) is 0.200. The lowest BCUT2D eigenvalue weighted by Gasteiger charge is -2.10. The maximum absolute atomic E-state index is 11.9. The van der Waals surface area contributed by atoms with Crippen LogP contribution in [0.1, 0.15) is 25.8 Å². The zero-order valence-corrected chi connectivity index (χ0v) is 11.0. The fourth-order valence-corrected chi connectivity index (χ4v) is 2.72. The second-order valence-corrected chi connectivity index (χ2v) is 6.04. The largest absolute Gasteiger partial charge is 0.274 e. The van der Waals surface area contributed by atoms with E-state index in [1.54, 1.807) is 25.1 Å². The third-order valence-corrected chi connectivity index (χ3v) is 3.76. The first-order chi connectivity index (χ1) is 7.83. The van der Waals surface area contributed by atoms with Crippen LogP contribution in [-0.2, 0) is 14.8 Å². The van der Waals surface area contributed by atoms with Gasteiger partial charge in [-0.05, 0) is 24.5 Å². The van der Waals surface area contributed by atoms with Crippen molar-refractivity contribution in [3.8, 4) is 0 Å². The topological polar surface area (TPSA) is 63.2 Å². The number of hydrogen-bond donors (Lipinski definition) is 1. The van der Waals surface area contributed by atoms with Crippen LogP contribution < -0.4 is 4.72 Å². The molecule has 0 heterocycles. The van der Waals surface area contributed by atoms with E-state index in [4.69, 9.17) is 0 Å². The van der Waals surface area contributed by atoms with Gasteiger partial charge < -0.3 is 0 Å². The molecule has 0 atom stereocenters. The molecule has 1 aromatic rings. The van der Waals surface area contributed by atoms with Crippen LogP contribution in [0.4, 0.5) is 0 Å². The van der Waals surface area contributed by atoms with Gasteiger partial charge in [-0.15, -0.1) is 0 Å². The first-order valence-corrected chi connectivity index (χ1v) is 6.92. The number of carbonyl (C=O) groups excluding carboxylic acids is 1. The molecule has 0 saturated carbocycles. The lowest BCUT2D eigenvalue weighted by molar-refractivity contribution is -0.120. The molecule has 94 valence electrons. The Morgan fingerprint density at radius 2 is 1.88 bits per heavy atom. The molecule has 1 amide bonds. The first-order valence-electron chi connectivity index (χ1n) is 5.44. The average Bonchev–Trinajstić information content (AvgIpc) is 2.15. The van der Waals surface area contributed by atoms with Crippen molar-refractivity contribution >= 4 is 15.9 Å². The summed E-state index contributed by atoms with van der Waals surface area (Å²) in [4.78, 5) is 11.6. The van der Waals surface area contributed by atoms with Crippen molar-refractivity contribution in [2.24, 2.45) is 5.92 Å². The number of amides is 1. The molecule has 1 N–H and O–H groups in total. The maximum Gasteiger partial charge on any atom is 0.264 e. The summed E-state index contributed by atoms with van der Waals surface area (Å²) in [5.74, 6) is -0.342. The van der Waals surface area contributed by atoms with E-state index in [0.29, 0.717) is 5.56 Å². The highest BCUT2D eigenvalue weighted by molar-refractivity contribution is 7.90. The molecule has 0 aliphatic carbocycles. The first kappa shape index (κ1) is 13.7. The number of nitrogens with one attached hydrogen (secondary N) is 1. The van der Waals surface area contributed by atoms with E-state index in [9.17, 15) is 13.2 Å².